The monoisotopic (exact) mass is 360 g/mol. The molecule has 7 heteroatoms. The van der Waals surface area contributed by atoms with E-state index in [9.17, 15) is 9.59 Å². The van der Waals surface area contributed by atoms with Gasteiger partial charge in [-0.2, -0.15) is 0 Å². The third kappa shape index (κ3) is 4.74. The van der Waals surface area contributed by atoms with Gasteiger partial charge in [-0.15, -0.1) is 0 Å². The third-order valence-electron chi connectivity index (χ3n) is 5.12. The van der Waals surface area contributed by atoms with Gasteiger partial charge in [0, 0.05) is 57.2 Å². The summed E-state index contributed by atoms with van der Waals surface area (Å²) in [6.07, 6.45) is 3.73. The van der Waals surface area contributed by atoms with Crippen molar-refractivity contribution >= 4 is 23.2 Å². The SMILES string of the molecule is O=C(Nc1ccc(N2CCCCC2)cc1)C(=O)N1CCN(CCO)CC1. The van der Waals surface area contributed by atoms with Crippen molar-refractivity contribution in [1.82, 2.24) is 9.80 Å². The molecule has 2 aliphatic rings. The number of carbonyl (C=O) groups excluding carboxylic acids is 2. The normalized spacial score (nSPS) is 18.7. The van der Waals surface area contributed by atoms with Crippen LogP contribution in [0.1, 0.15) is 19.3 Å². The number of amides is 2. The van der Waals surface area contributed by atoms with E-state index in [1.807, 2.05) is 24.3 Å². The number of nitrogens with one attached hydrogen (secondary N) is 1. The lowest BCUT2D eigenvalue weighted by Crippen LogP contribution is -2.52. The van der Waals surface area contributed by atoms with Crippen molar-refractivity contribution in [2.75, 3.05) is 62.6 Å². The van der Waals surface area contributed by atoms with E-state index in [1.165, 1.54) is 19.3 Å². The Bertz CT molecular complexity index is 606. The fraction of sp³-hybridized carbons (Fsp3) is 0.579. The summed E-state index contributed by atoms with van der Waals surface area (Å²) in [5.74, 6) is -1.08. The van der Waals surface area contributed by atoms with Gasteiger partial charge in [-0.3, -0.25) is 14.5 Å². The van der Waals surface area contributed by atoms with Gasteiger partial charge in [0.05, 0.1) is 6.61 Å². The molecule has 0 atom stereocenters. The van der Waals surface area contributed by atoms with Gasteiger partial charge in [0.15, 0.2) is 0 Å². The van der Waals surface area contributed by atoms with E-state index in [-0.39, 0.29) is 6.61 Å². The molecule has 142 valence electrons. The minimum Gasteiger partial charge on any atom is -0.395 e. The zero-order chi connectivity index (χ0) is 18.4. The molecular formula is C19H28N4O3. The average Bonchev–Trinajstić information content (AvgIpc) is 2.69. The number of β-amino-alcohol motifs (C(OH)–C–C–N with tert-alkyl or cyclic N) is 1. The standard InChI is InChI=1S/C19H28N4O3/c24-15-14-21-10-12-23(13-11-21)19(26)18(25)20-16-4-6-17(7-5-16)22-8-2-1-3-9-22/h4-7,24H,1-3,8-15H2,(H,20,25). The highest BCUT2D eigenvalue weighted by atomic mass is 16.3. The van der Waals surface area contributed by atoms with E-state index >= 15 is 0 Å². The molecule has 26 heavy (non-hydrogen) atoms. The van der Waals surface area contributed by atoms with E-state index in [0.717, 1.165) is 18.8 Å². The number of aliphatic hydroxyl groups excluding tert-OH is 1. The number of piperazine rings is 1. The number of rotatable bonds is 4. The Morgan fingerprint density at radius 1 is 0.923 bits per heavy atom. The van der Waals surface area contributed by atoms with Gasteiger partial charge in [-0.25, -0.2) is 0 Å². The van der Waals surface area contributed by atoms with Crippen molar-refractivity contribution < 1.29 is 14.7 Å². The summed E-state index contributed by atoms with van der Waals surface area (Å²) in [5.41, 5.74) is 1.80. The van der Waals surface area contributed by atoms with Crippen molar-refractivity contribution in [2.45, 2.75) is 19.3 Å². The quantitative estimate of drug-likeness (QED) is 0.775. The Hall–Kier alpha value is -2.12. The number of aliphatic hydroxyl groups is 1. The van der Waals surface area contributed by atoms with Crippen LogP contribution in [0.2, 0.25) is 0 Å². The van der Waals surface area contributed by atoms with E-state index < -0.39 is 11.8 Å². The van der Waals surface area contributed by atoms with Crippen LogP contribution < -0.4 is 10.2 Å². The van der Waals surface area contributed by atoms with Crippen molar-refractivity contribution in [3.8, 4) is 0 Å². The maximum Gasteiger partial charge on any atom is 0.313 e. The lowest BCUT2D eigenvalue weighted by molar-refractivity contribution is -0.144. The van der Waals surface area contributed by atoms with Crippen LogP contribution in [-0.2, 0) is 9.59 Å². The smallest absolute Gasteiger partial charge is 0.313 e. The van der Waals surface area contributed by atoms with Gasteiger partial charge >= 0.3 is 11.8 Å². The van der Waals surface area contributed by atoms with Gasteiger partial charge in [-0.05, 0) is 43.5 Å². The maximum absolute atomic E-state index is 12.3. The van der Waals surface area contributed by atoms with E-state index in [0.29, 0.717) is 38.4 Å². The average molecular weight is 360 g/mol. The van der Waals surface area contributed by atoms with E-state index in [2.05, 4.69) is 15.1 Å². The molecule has 0 unspecified atom stereocenters. The lowest BCUT2D eigenvalue weighted by atomic mass is 10.1. The van der Waals surface area contributed by atoms with Crippen molar-refractivity contribution in [2.24, 2.45) is 0 Å². The molecule has 2 aliphatic heterocycles. The first-order chi connectivity index (χ1) is 12.7. The molecule has 0 radical (unpaired) electrons. The minimum atomic E-state index is -0.591. The first-order valence-electron chi connectivity index (χ1n) is 9.46. The van der Waals surface area contributed by atoms with Crippen LogP contribution in [0, 0.1) is 0 Å². The minimum absolute atomic E-state index is 0.113. The van der Waals surface area contributed by atoms with Crippen LogP contribution in [0.4, 0.5) is 11.4 Å². The molecule has 1 aromatic rings. The van der Waals surface area contributed by atoms with Gasteiger partial charge in [-0.1, -0.05) is 0 Å². The van der Waals surface area contributed by atoms with Crippen molar-refractivity contribution in [3.05, 3.63) is 24.3 Å². The number of hydrogen-bond acceptors (Lipinski definition) is 5. The summed E-state index contributed by atoms with van der Waals surface area (Å²) in [6.45, 7) is 5.27. The largest absolute Gasteiger partial charge is 0.395 e. The summed E-state index contributed by atoms with van der Waals surface area (Å²) >= 11 is 0. The number of carbonyl (C=O) groups is 2. The first-order valence-corrected chi connectivity index (χ1v) is 9.46. The summed E-state index contributed by atoms with van der Waals surface area (Å²) in [6, 6.07) is 7.71. The van der Waals surface area contributed by atoms with Crippen LogP contribution in [-0.4, -0.2) is 79.1 Å². The van der Waals surface area contributed by atoms with Gasteiger partial charge in [0.1, 0.15) is 0 Å². The second-order valence-electron chi connectivity index (χ2n) is 6.91. The van der Waals surface area contributed by atoms with Crippen LogP contribution >= 0.6 is 0 Å². The van der Waals surface area contributed by atoms with Gasteiger partial charge in [0.25, 0.3) is 0 Å². The summed E-state index contributed by atoms with van der Waals surface area (Å²) in [7, 11) is 0. The molecule has 0 aromatic heterocycles. The highest BCUT2D eigenvalue weighted by Crippen LogP contribution is 2.21. The van der Waals surface area contributed by atoms with E-state index in [4.69, 9.17) is 5.11 Å². The Morgan fingerprint density at radius 2 is 1.58 bits per heavy atom. The van der Waals surface area contributed by atoms with Crippen LogP contribution in [0.3, 0.4) is 0 Å². The topological polar surface area (TPSA) is 76.1 Å². The summed E-state index contributed by atoms with van der Waals surface area (Å²) in [5, 5.41) is 11.7. The molecule has 0 aliphatic carbocycles. The molecule has 0 saturated carbocycles. The van der Waals surface area contributed by atoms with Gasteiger partial charge < -0.3 is 20.2 Å². The lowest BCUT2D eigenvalue weighted by Gasteiger charge is -2.33. The predicted octanol–water partition coefficient (Wildman–Crippen LogP) is 0.752. The molecule has 2 N–H and O–H groups in total. The Labute approximate surface area is 154 Å². The van der Waals surface area contributed by atoms with Gasteiger partial charge in [0.2, 0.25) is 0 Å². The number of anilines is 2. The number of benzene rings is 1. The molecule has 2 amide bonds. The number of nitrogens with zero attached hydrogens (tertiary/aromatic N) is 3. The fourth-order valence-electron chi connectivity index (χ4n) is 3.55. The molecule has 1 aromatic carbocycles. The fourth-order valence-corrected chi connectivity index (χ4v) is 3.55. The zero-order valence-corrected chi connectivity index (χ0v) is 15.2. The predicted molar refractivity (Wildman–Crippen MR) is 101 cm³/mol. The first kappa shape index (κ1) is 18.7. The Kier molecular flexibility index (Phi) is 6.46. The van der Waals surface area contributed by atoms with Crippen molar-refractivity contribution in [1.29, 1.82) is 0 Å². The van der Waals surface area contributed by atoms with Crippen molar-refractivity contribution in [3.63, 3.8) is 0 Å². The number of hydrogen-bond donors (Lipinski definition) is 2. The Balaban J connectivity index is 1.50. The second kappa shape index (κ2) is 9.00. The molecule has 3 rings (SSSR count). The Morgan fingerprint density at radius 3 is 2.19 bits per heavy atom. The summed E-state index contributed by atoms with van der Waals surface area (Å²) < 4.78 is 0. The summed E-state index contributed by atoms with van der Waals surface area (Å²) in [4.78, 5) is 30.6. The highest BCUT2D eigenvalue weighted by Gasteiger charge is 2.25. The van der Waals surface area contributed by atoms with Crippen LogP contribution in [0.15, 0.2) is 24.3 Å². The molecule has 0 bridgehead atoms. The molecule has 2 saturated heterocycles. The zero-order valence-electron chi connectivity index (χ0n) is 15.2. The molecule has 7 nitrogen and oxygen atoms in total. The number of piperidine rings is 1. The highest BCUT2D eigenvalue weighted by molar-refractivity contribution is 6.39. The molecular weight excluding hydrogens is 332 g/mol. The third-order valence-corrected chi connectivity index (χ3v) is 5.12. The molecule has 2 fully saturated rings. The second-order valence-corrected chi connectivity index (χ2v) is 6.91. The molecule has 0 spiro atoms. The maximum atomic E-state index is 12.3. The van der Waals surface area contributed by atoms with Crippen LogP contribution in [0.25, 0.3) is 0 Å². The molecule has 2 heterocycles. The van der Waals surface area contributed by atoms with E-state index in [1.54, 1.807) is 4.90 Å². The van der Waals surface area contributed by atoms with Crippen LogP contribution in [0.5, 0.6) is 0 Å².